The van der Waals surface area contributed by atoms with E-state index in [4.69, 9.17) is 32.5 Å². The summed E-state index contributed by atoms with van der Waals surface area (Å²) in [6.45, 7) is 7.60. The van der Waals surface area contributed by atoms with Gasteiger partial charge in [0.15, 0.2) is 0 Å². The van der Waals surface area contributed by atoms with Gasteiger partial charge in [-0.3, -0.25) is 0 Å². The molecule has 1 heterocycles. The SMILES string of the molecule is CC1(C)OB(c2cc(Cl)cc(Cl)c2F)OC1(C)C. The maximum Gasteiger partial charge on any atom is 0.497 e. The summed E-state index contributed by atoms with van der Waals surface area (Å²) in [6.07, 6.45) is 0. The van der Waals surface area contributed by atoms with Crippen LogP contribution in [-0.4, -0.2) is 18.3 Å². The number of rotatable bonds is 1. The van der Waals surface area contributed by atoms with E-state index in [0.717, 1.165) is 0 Å². The van der Waals surface area contributed by atoms with Crippen molar-refractivity contribution in [3.8, 4) is 0 Å². The van der Waals surface area contributed by atoms with Gasteiger partial charge in [0.25, 0.3) is 0 Å². The molecule has 2 nitrogen and oxygen atoms in total. The Kier molecular flexibility index (Phi) is 3.44. The van der Waals surface area contributed by atoms with E-state index in [1.54, 1.807) is 0 Å². The van der Waals surface area contributed by atoms with Crippen LogP contribution in [-0.2, 0) is 9.31 Å². The van der Waals surface area contributed by atoms with Crippen molar-refractivity contribution in [3.05, 3.63) is 28.0 Å². The second-order valence-corrected chi connectivity index (χ2v) is 6.22. The van der Waals surface area contributed by atoms with Crippen molar-refractivity contribution in [3.63, 3.8) is 0 Å². The molecule has 0 unspecified atom stereocenters. The molecule has 0 N–H and O–H groups in total. The van der Waals surface area contributed by atoms with Crippen molar-refractivity contribution in [2.45, 2.75) is 38.9 Å². The van der Waals surface area contributed by atoms with Crippen LogP contribution in [0.3, 0.4) is 0 Å². The van der Waals surface area contributed by atoms with Crippen LogP contribution in [0.5, 0.6) is 0 Å². The third-order valence-electron chi connectivity index (χ3n) is 3.53. The molecule has 0 radical (unpaired) electrons. The molecule has 1 saturated heterocycles. The number of hydrogen-bond acceptors (Lipinski definition) is 2. The minimum atomic E-state index is -0.800. The quantitative estimate of drug-likeness (QED) is 0.583. The predicted octanol–water partition coefficient (Wildman–Crippen LogP) is 3.43. The van der Waals surface area contributed by atoms with Crippen LogP contribution < -0.4 is 5.46 Å². The Bertz CT molecular complexity index is 475. The van der Waals surface area contributed by atoms with Gasteiger partial charge in [-0.25, -0.2) is 4.39 Å². The van der Waals surface area contributed by atoms with Gasteiger partial charge in [0, 0.05) is 10.5 Å². The van der Waals surface area contributed by atoms with Crippen molar-refractivity contribution in [2.24, 2.45) is 0 Å². The molecule has 1 aliphatic rings. The van der Waals surface area contributed by atoms with Crippen molar-refractivity contribution in [1.29, 1.82) is 0 Å². The molecule has 1 aliphatic heterocycles. The predicted molar refractivity (Wildman–Crippen MR) is 72.1 cm³/mol. The van der Waals surface area contributed by atoms with Crippen LogP contribution in [0.25, 0.3) is 0 Å². The minimum absolute atomic E-state index is 0.0350. The Morgan fingerprint density at radius 2 is 1.56 bits per heavy atom. The summed E-state index contributed by atoms with van der Waals surface area (Å²) < 4.78 is 25.5. The highest BCUT2D eigenvalue weighted by Gasteiger charge is 2.52. The molecular formula is C12H14BCl2FO2. The zero-order chi connectivity index (χ0) is 13.7. The fourth-order valence-corrected chi connectivity index (χ4v) is 2.23. The second kappa shape index (κ2) is 4.38. The number of halogens is 3. The van der Waals surface area contributed by atoms with Gasteiger partial charge in [-0.2, -0.15) is 0 Å². The summed E-state index contributed by atoms with van der Waals surface area (Å²) in [5.41, 5.74) is -0.830. The molecule has 1 aromatic rings. The van der Waals surface area contributed by atoms with Gasteiger partial charge >= 0.3 is 7.12 Å². The number of benzene rings is 1. The fraction of sp³-hybridized carbons (Fsp3) is 0.500. The van der Waals surface area contributed by atoms with Gasteiger partial charge in [-0.05, 0) is 39.8 Å². The van der Waals surface area contributed by atoms with E-state index in [0.29, 0.717) is 5.02 Å². The lowest BCUT2D eigenvalue weighted by Crippen LogP contribution is -2.41. The van der Waals surface area contributed by atoms with E-state index in [-0.39, 0.29) is 10.5 Å². The molecule has 0 saturated carbocycles. The first-order chi connectivity index (χ1) is 8.14. The molecule has 0 amide bonds. The minimum Gasteiger partial charge on any atom is -0.399 e. The van der Waals surface area contributed by atoms with Crippen LogP contribution in [0.1, 0.15) is 27.7 Å². The number of hydrogen-bond donors (Lipinski definition) is 0. The Labute approximate surface area is 117 Å². The van der Waals surface area contributed by atoms with Crippen LogP contribution in [0, 0.1) is 5.82 Å². The van der Waals surface area contributed by atoms with Gasteiger partial charge in [-0.15, -0.1) is 0 Å². The monoisotopic (exact) mass is 290 g/mol. The largest absolute Gasteiger partial charge is 0.497 e. The summed E-state index contributed by atoms with van der Waals surface area (Å²) in [6, 6.07) is 2.83. The molecule has 0 aromatic heterocycles. The lowest BCUT2D eigenvalue weighted by molar-refractivity contribution is 0.00578. The second-order valence-electron chi connectivity index (χ2n) is 5.38. The smallest absolute Gasteiger partial charge is 0.399 e. The Morgan fingerprint density at radius 1 is 1.06 bits per heavy atom. The van der Waals surface area contributed by atoms with E-state index in [9.17, 15) is 4.39 Å². The molecule has 1 aromatic carbocycles. The van der Waals surface area contributed by atoms with Gasteiger partial charge < -0.3 is 9.31 Å². The fourth-order valence-electron chi connectivity index (χ4n) is 1.72. The molecule has 0 atom stereocenters. The summed E-state index contributed by atoms with van der Waals surface area (Å²) in [5, 5.41) is 0.318. The first-order valence-corrected chi connectivity index (χ1v) is 6.40. The van der Waals surface area contributed by atoms with E-state index in [2.05, 4.69) is 0 Å². The van der Waals surface area contributed by atoms with E-state index < -0.39 is 24.1 Å². The third-order valence-corrected chi connectivity index (χ3v) is 4.02. The molecule has 98 valence electrons. The van der Waals surface area contributed by atoms with Crippen molar-refractivity contribution in [2.75, 3.05) is 0 Å². The Balaban J connectivity index is 2.41. The van der Waals surface area contributed by atoms with Crippen LogP contribution in [0.4, 0.5) is 4.39 Å². The average molecular weight is 291 g/mol. The Morgan fingerprint density at radius 3 is 2.06 bits per heavy atom. The zero-order valence-corrected chi connectivity index (χ0v) is 12.2. The summed E-state index contributed by atoms with van der Waals surface area (Å²) in [5.74, 6) is -0.556. The molecule has 6 heteroatoms. The summed E-state index contributed by atoms with van der Waals surface area (Å²) in [4.78, 5) is 0. The van der Waals surface area contributed by atoms with E-state index in [1.807, 2.05) is 27.7 Å². The van der Waals surface area contributed by atoms with Crippen molar-refractivity contribution >= 4 is 35.8 Å². The zero-order valence-electron chi connectivity index (χ0n) is 10.7. The van der Waals surface area contributed by atoms with Crippen LogP contribution in [0.15, 0.2) is 12.1 Å². The van der Waals surface area contributed by atoms with Crippen LogP contribution in [0.2, 0.25) is 10.0 Å². The summed E-state index contributed by atoms with van der Waals surface area (Å²) >= 11 is 11.6. The van der Waals surface area contributed by atoms with E-state index >= 15 is 0 Å². The lowest BCUT2D eigenvalue weighted by Gasteiger charge is -2.32. The molecule has 0 aliphatic carbocycles. The molecule has 2 rings (SSSR count). The van der Waals surface area contributed by atoms with Crippen molar-refractivity contribution in [1.82, 2.24) is 0 Å². The maximum absolute atomic E-state index is 14.0. The molecule has 0 bridgehead atoms. The molecule has 1 fully saturated rings. The first-order valence-electron chi connectivity index (χ1n) is 5.64. The van der Waals surface area contributed by atoms with E-state index in [1.165, 1.54) is 12.1 Å². The van der Waals surface area contributed by atoms with Gasteiger partial charge in [0.1, 0.15) is 5.82 Å². The highest BCUT2D eigenvalue weighted by Crippen LogP contribution is 2.37. The summed E-state index contributed by atoms with van der Waals surface area (Å²) in [7, 11) is -0.800. The maximum atomic E-state index is 14.0. The molecule has 0 spiro atoms. The molecular weight excluding hydrogens is 277 g/mol. The highest BCUT2D eigenvalue weighted by atomic mass is 35.5. The third kappa shape index (κ3) is 2.27. The topological polar surface area (TPSA) is 18.5 Å². The highest BCUT2D eigenvalue weighted by molar-refractivity contribution is 6.63. The first kappa shape index (κ1) is 14.1. The Hall–Kier alpha value is -0.285. The van der Waals surface area contributed by atoms with Gasteiger partial charge in [-0.1, -0.05) is 23.2 Å². The normalized spacial score (nSPS) is 21.4. The van der Waals surface area contributed by atoms with Crippen molar-refractivity contribution < 1.29 is 13.7 Å². The average Bonchev–Trinajstić information content (AvgIpc) is 2.42. The van der Waals surface area contributed by atoms with Crippen LogP contribution >= 0.6 is 23.2 Å². The van der Waals surface area contributed by atoms with Gasteiger partial charge in [0.05, 0.1) is 16.2 Å². The standard InChI is InChI=1S/C12H14BCl2FO2/c1-11(2)12(3,4)18-13(17-11)8-5-7(14)6-9(15)10(8)16/h5-6H,1-4H3. The molecule has 18 heavy (non-hydrogen) atoms. The lowest BCUT2D eigenvalue weighted by atomic mass is 9.78. The van der Waals surface area contributed by atoms with Gasteiger partial charge in [0.2, 0.25) is 0 Å².